The van der Waals surface area contributed by atoms with E-state index in [4.69, 9.17) is 9.47 Å². The van der Waals surface area contributed by atoms with Crippen molar-refractivity contribution in [3.05, 3.63) is 46.4 Å². The second kappa shape index (κ2) is 8.89. The Hall–Kier alpha value is -1.85. The topological polar surface area (TPSA) is 81.7 Å². The molecule has 0 saturated carbocycles. The molecule has 146 valence electrons. The SMILES string of the molecule is COc1cc(OC)c(S(=O)(=O)NC(=O)c2ccc(SC(F)F)cc2)cc1Br. The summed E-state index contributed by atoms with van der Waals surface area (Å²) in [6, 6.07) is 7.74. The van der Waals surface area contributed by atoms with Crippen LogP contribution in [-0.2, 0) is 10.0 Å². The molecule has 0 unspecified atom stereocenters. The molecule has 0 fully saturated rings. The van der Waals surface area contributed by atoms with Crippen molar-refractivity contribution in [3.63, 3.8) is 0 Å². The highest BCUT2D eigenvalue weighted by molar-refractivity contribution is 9.10. The van der Waals surface area contributed by atoms with Crippen molar-refractivity contribution in [1.82, 2.24) is 4.72 Å². The smallest absolute Gasteiger partial charge is 0.288 e. The van der Waals surface area contributed by atoms with Crippen LogP contribution in [0.5, 0.6) is 11.5 Å². The van der Waals surface area contributed by atoms with Crippen molar-refractivity contribution in [1.29, 1.82) is 0 Å². The summed E-state index contributed by atoms with van der Waals surface area (Å²) in [5.74, 6) is -3.16. The van der Waals surface area contributed by atoms with Crippen LogP contribution in [-0.4, -0.2) is 34.3 Å². The standard InChI is InChI=1S/C16H14BrF2NO5S2/c1-24-12-8-13(25-2)14(7-11(12)17)27(22,23)20-15(21)9-3-5-10(6-4-9)26-16(18)19/h3-8,16H,1-2H3,(H,20,21). The average molecular weight is 482 g/mol. The first kappa shape index (κ1) is 21.5. The third-order valence-corrected chi connectivity index (χ3v) is 5.99. The molecular weight excluding hydrogens is 468 g/mol. The van der Waals surface area contributed by atoms with Gasteiger partial charge in [-0.3, -0.25) is 4.79 Å². The van der Waals surface area contributed by atoms with E-state index in [0.29, 0.717) is 22.0 Å². The molecule has 11 heteroatoms. The summed E-state index contributed by atoms with van der Waals surface area (Å²) in [7, 11) is -1.57. The summed E-state index contributed by atoms with van der Waals surface area (Å²) in [5, 5.41) is 0. The maximum Gasteiger partial charge on any atom is 0.288 e. The van der Waals surface area contributed by atoms with Gasteiger partial charge in [-0.1, -0.05) is 11.8 Å². The fourth-order valence-electron chi connectivity index (χ4n) is 2.07. The van der Waals surface area contributed by atoms with E-state index in [1.807, 2.05) is 4.72 Å². The molecule has 0 spiro atoms. The Morgan fingerprint density at radius 1 is 1.11 bits per heavy atom. The Balaban J connectivity index is 2.28. The van der Waals surface area contributed by atoms with Gasteiger partial charge in [0, 0.05) is 16.5 Å². The lowest BCUT2D eigenvalue weighted by atomic mass is 10.2. The van der Waals surface area contributed by atoms with E-state index in [1.165, 1.54) is 50.6 Å². The number of halogens is 3. The zero-order chi connectivity index (χ0) is 20.2. The van der Waals surface area contributed by atoms with Crippen molar-refractivity contribution in [2.75, 3.05) is 14.2 Å². The first-order valence-corrected chi connectivity index (χ1v) is 10.4. The lowest BCUT2D eigenvalue weighted by Gasteiger charge is -2.13. The van der Waals surface area contributed by atoms with Crippen molar-refractivity contribution in [2.45, 2.75) is 15.5 Å². The van der Waals surface area contributed by atoms with E-state index in [9.17, 15) is 22.0 Å². The summed E-state index contributed by atoms with van der Waals surface area (Å²) in [6.45, 7) is 0. The number of thioether (sulfide) groups is 1. The minimum Gasteiger partial charge on any atom is -0.495 e. The first-order chi connectivity index (χ1) is 12.7. The highest BCUT2D eigenvalue weighted by atomic mass is 79.9. The monoisotopic (exact) mass is 481 g/mol. The van der Waals surface area contributed by atoms with Crippen LogP contribution in [0.1, 0.15) is 10.4 Å². The van der Waals surface area contributed by atoms with E-state index in [1.54, 1.807) is 0 Å². The number of nitrogens with one attached hydrogen (secondary N) is 1. The van der Waals surface area contributed by atoms with E-state index in [2.05, 4.69) is 15.9 Å². The first-order valence-electron chi connectivity index (χ1n) is 7.21. The van der Waals surface area contributed by atoms with Crippen LogP contribution in [0.4, 0.5) is 8.78 Å². The molecule has 27 heavy (non-hydrogen) atoms. The fraction of sp³-hybridized carbons (Fsp3) is 0.188. The quantitative estimate of drug-likeness (QED) is 0.603. The molecule has 0 aromatic heterocycles. The number of hydrogen-bond donors (Lipinski definition) is 1. The second-order valence-corrected chi connectivity index (χ2v) is 8.54. The van der Waals surface area contributed by atoms with Gasteiger partial charge in [-0.25, -0.2) is 13.1 Å². The number of amides is 1. The third kappa shape index (κ3) is 5.33. The zero-order valence-electron chi connectivity index (χ0n) is 14.0. The van der Waals surface area contributed by atoms with Gasteiger partial charge in [0.15, 0.2) is 0 Å². The van der Waals surface area contributed by atoms with E-state index < -0.39 is 21.7 Å². The van der Waals surface area contributed by atoms with E-state index in [0.717, 1.165) is 0 Å². The number of methoxy groups -OCH3 is 2. The van der Waals surface area contributed by atoms with Gasteiger partial charge in [0.25, 0.3) is 21.7 Å². The number of sulfonamides is 1. The fourth-order valence-corrected chi connectivity index (χ4v) is 4.37. The molecular formula is C16H14BrF2NO5S2. The molecule has 0 aliphatic carbocycles. The molecule has 6 nitrogen and oxygen atoms in total. The summed E-state index contributed by atoms with van der Waals surface area (Å²) in [5.41, 5.74) is 0.00346. The molecule has 0 radical (unpaired) electrons. The van der Waals surface area contributed by atoms with Crippen molar-refractivity contribution in [3.8, 4) is 11.5 Å². The molecule has 2 aromatic rings. The van der Waals surface area contributed by atoms with Crippen molar-refractivity contribution in [2.24, 2.45) is 0 Å². The Labute approximate surface area is 167 Å². The molecule has 1 N–H and O–H groups in total. The molecule has 0 aliphatic rings. The number of carbonyl (C=O) groups excluding carboxylic acids is 1. The number of benzene rings is 2. The second-order valence-electron chi connectivity index (χ2n) is 4.98. The van der Waals surface area contributed by atoms with Gasteiger partial charge in [0.1, 0.15) is 16.4 Å². The van der Waals surface area contributed by atoms with Crippen LogP contribution in [0.2, 0.25) is 0 Å². The normalized spacial score (nSPS) is 11.3. The van der Waals surface area contributed by atoms with Crippen LogP contribution < -0.4 is 14.2 Å². The number of carbonyl (C=O) groups is 1. The van der Waals surface area contributed by atoms with E-state index in [-0.39, 0.29) is 21.1 Å². The summed E-state index contributed by atoms with van der Waals surface area (Å²) >= 11 is 3.50. The van der Waals surface area contributed by atoms with Crippen molar-refractivity contribution < 1.29 is 31.5 Å². The number of ether oxygens (including phenoxy) is 2. The predicted molar refractivity (Wildman–Crippen MR) is 100 cm³/mol. The summed E-state index contributed by atoms with van der Waals surface area (Å²) < 4.78 is 62.2. The van der Waals surface area contributed by atoms with Gasteiger partial charge in [-0.15, -0.1) is 0 Å². The van der Waals surface area contributed by atoms with Gasteiger partial charge < -0.3 is 9.47 Å². The summed E-state index contributed by atoms with van der Waals surface area (Å²) in [6.07, 6.45) is 0. The lowest BCUT2D eigenvalue weighted by Crippen LogP contribution is -2.30. The van der Waals surface area contributed by atoms with Crippen LogP contribution in [0.15, 0.2) is 50.7 Å². The number of hydrogen-bond acceptors (Lipinski definition) is 6. The van der Waals surface area contributed by atoms with Crippen molar-refractivity contribution >= 4 is 43.6 Å². The highest BCUT2D eigenvalue weighted by Crippen LogP contribution is 2.35. The number of rotatable bonds is 7. The Bertz CT molecular complexity index is 937. The zero-order valence-corrected chi connectivity index (χ0v) is 17.3. The lowest BCUT2D eigenvalue weighted by molar-refractivity contribution is 0.0981. The molecule has 0 bridgehead atoms. The maximum atomic E-state index is 12.6. The van der Waals surface area contributed by atoms with E-state index >= 15 is 0 Å². The van der Waals surface area contributed by atoms with Crippen LogP contribution in [0.25, 0.3) is 0 Å². The predicted octanol–water partition coefficient (Wildman–Crippen LogP) is 3.90. The molecule has 0 atom stereocenters. The molecule has 0 saturated heterocycles. The molecule has 0 heterocycles. The Morgan fingerprint density at radius 2 is 1.70 bits per heavy atom. The number of alkyl halides is 2. The van der Waals surface area contributed by atoms with Gasteiger partial charge in [0.05, 0.1) is 18.7 Å². The van der Waals surface area contributed by atoms with Gasteiger partial charge >= 0.3 is 0 Å². The molecule has 2 aromatic carbocycles. The summed E-state index contributed by atoms with van der Waals surface area (Å²) in [4.78, 5) is 12.2. The van der Waals surface area contributed by atoms with Gasteiger partial charge in [0.2, 0.25) is 0 Å². The largest absolute Gasteiger partial charge is 0.495 e. The average Bonchev–Trinajstić information content (AvgIpc) is 2.61. The minimum absolute atomic E-state index is 0.00346. The highest BCUT2D eigenvalue weighted by Gasteiger charge is 2.25. The van der Waals surface area contributed by atoms with Crippen LogP contribution in [0.3, 0.4) is 0 Å². The van der Waals surface area contributed by atoms with Gasteiger partial charge in [-0.05, 0) is 46.3 Å². The molecule has 1 amide bonds. The van der Waals surface area contributed by atoms with Crippen LogP contribution >= 0.6 is 27.7 Å². The van der Waals surface area contributed by atoms with Crippen LogP contribution in [0, 0.1) is 0 Å². The molecule has 2 rings (SSSR count). The Morgan fingerprint density at radius 3 is 2.22 bits per heavy atom. The maximum absolute atomic E-state index is 12.6. The van der Waals surface area contributed by atoms with Gasteiger partial charge in [-0.2, -0.15) is 8.78 Å². The third-order valence-electron chi connectivity index (χ3n) is 3.30. The minimum atomic E-state index is -4.26. The Kier molecular flexibility index (Phi) is 7.06. The molecule has 0 aliphatic heterocycles.